The summed E-state index contributed by atoms with van der Waals surface area (Å²) in [6.45, 7) is 18.6. The van der Waals surface area contributed by atoms with Gasteiger partial charge in [-0.2, -0.15) is 0 Å². The second-order valence-electron chi connectivity index (χ2n) is 12.1. The molecule has 0 amide bonds. The van der Waals surface area contributed by atoms with Crippen LogP contribution in [0.25, 0.3) is 0 Å². The molecule has 4 bridgehead atoms. The zero-order valence-electron chi connectivity index (χ0n) is 24.6. The van der Waals surface area contributed by atoms with Crippen LogP contribution >= 0.6 is 0 Å². The third-order valence-corrected chi connectivity index (χ3v) is 6.93. The summed E-state index contributed by atoms with van der Waals surface area (Å²) in [5, 5.41) is 0. The van der Waals surface area contributed by atoms with Crippen molar-refractivity contribution in [2.24, 2.45) is 11.8 Å². The predicted molar refractivity (Wildman–Crippen MR) is 147 cm³/mol. The Morgan fingerprint density at radius 2 is 0.974 bits per heavy atom. The van der Waals surface area contributed by atoms with E-state index in [1.165, 1.54) is 0 Å². The average Bonchev–Trinajstić information content (AvgIpc) is 2.85. The van der Waals surface area contributed by atoms with E-state index in [9.17, 15) is 9.59 Å². The third-order valence-electron chi connectivity index (χ3n) is 6.93. The van der Waals surface area contributed by atoms with E-state index in [2.05, 4.69) is 37.5 Å². The number of carbonyl (C=O) groups excluding carboxylic acids is 2. The summed E-state index contributed by atoms with van der Waals surface area (Å²) in [5.41, 5.74) is 2.88. The minimum Gasteiger partial charge on any atom is -0.464 e. The predicted octanol–water partition coefficient (Wildman–Crippen LogP) is 4.75. The summed E-state index contributed by atoms with van der Waals surface area (Å²) in [7, 11) is 0. The van der Waals surface area contributed by atoms with Gasteiger partial charge in [0.1, 0.15) is 13.2 Å². The number of nitrogens with zero attached hydrogens (tertiary/aromatic N) is 4. The molecule has 0 aliphatic carbocycles. The Labute approximate surface area is 244 Å². The fourth-order valence-electron chi connectivity index (χ4n) is 4.17. The van der Waals surface area contributed by atoms with E-state index in [0.717, 1.165) is 22.8 Å². The average molecular weight is 588 g/mol. The van der Waals surface area contributed by atoms with Gasteiger partial charge in [-0.15, -0.1) is 0 Å². The molecule has 0 N–H and O–H groups in total. The molecule has 39 heavy (non-hydrogen) atoms. The van der Waals surface area contributed by atoms with Crippen LogP contribution in [-0.2, 0) is 62.3 Å². The fourth-order valence-corrected chi connectivity index (χ4v) is 4.17. The van der Waals surface area contributed by atoms with Crippen LogP contribution in [0, 0.1) is 11.8 Å². The van der Waals surface area contributed by atoms with Crippen LogP contribution in [0.1, 0.15) is 78.2 Å². The van der Waals surface area contributed by atoms with Crippen molar-refractivity contribution in [1.29, 1.82) is 0 Å². The van der Waals surface area contributed by atoms with Crippen LogP contribution in [0.5, 0.6) is 0 Å². The van der Waals surface area contributed by atoms with Gasteiger partial charge in [0, 0.05) is 26.2 Å². The Hall–Kier alpha value is -2.32. The molecule has 0 spiro atoms. The topological polar surface area (TPSA) is 84.9 Å². The molecular formula is C30H44CuN4O4+. The largest absolute Gasteiger partial charge is 1.00 e. The molecule has 0 saturated heterocycles. The molecule has 0 aromatic carbocycles. The minimum atomic E-state index is -0.432. The number of pyridine rings is 2. The van der Waals surface area contributed by atoms with Crippen molar-refractivity contribution >= 4 is 11.9 Å². The van der Waals surface area contributed by atoms with Gasteiger partial charge in [-0.1, -0.05) is 39.8 Å². The molecule has 0 fully saturated rings. The summed E-state index contributed by atoms with van der Waals surface area (Å²) in [6.07, 6.45) is 0. The van der Waals surface area contributed by atoms with Crippen LogP contribution in [0.2, 0.25) is 0 Å². The summed E-state index contributed by atoms with van der Waals surface area (Å²) >= 11 is 0. The van der Waals surface area contributed by atoms with Gasteiger partial charge in [-0.05, 0) is 52.0 Å². The molecule has 8 nitrogen and oxygen atoms in total. The number of ether oxygens (including phenoxy) is 2. The van der Waals surface area contributed by atoms with Crippen molar-refractivity contribution in [2.75, 3.05) is 13.2 Å². The summed E-state index contributed by atoms with van der Waals surface area (Å²) < 4.78 is 11.3. The van der Waals surface area contributed by atoms with Gasteiger partial charge < -0.3 is 9.47 Å². The first-order chi connectivity index (χ1) is 17.8. The first-order valence-electron chi connectivity index (χ1n) is 13.5. The maximum absolute atomic E-state index is 12.2. The molecule has 3 rings (SSSR count). The molecule has 3 heterocycles. The number of esters is 2. The molecule has 0 saturated carbocycles. The van der Waals surface area contributed by atoms with E-state index in [-0.39, 0.29) is 54.1 Å². The van der Waals surface area contributed by atoms with E-state index < -0.39 is 11.1 Å². The number of rotatable bonds is 8. The van der Waals surface area contributed by atoms with Gasteiger partial charge in [-0.3, -0.25) is 29.4 Å². The Kier molecular flexibility index (Phi) is 11.7. The van der Waals surface area contributed by atoms with Crippen LogP contribution in [0.3, 0.4) is 0 Å². The third kappa shape index (κ3) is 9.38. The smallest absolute Gasteiger partial charge is 0.464 e. The zero-order chi connectivity index (χ0) is 28.1. The fraction of sp³-hybridized carbons (Fsp3) is 0.600. The van der Waals surface area contributed by atoms with Crippen molar-refractivity contribution in [2.45, 2.75) is 92.6 Å². The monoisotopic (exact) mass is 587 g/mol. The van der Waals surface area contributed by atoms with Gasteiger partial charge >= 0.3 is 29.0 Å². The van der Waals surface area contributed by atoms with Crippen LogP contribution < -0.4 is 0 Å². The Bertz CT molecular complexity index is 990. The molecular weight excluding hydrogens is 544 g/mol. The maximum atomic E-state index is 12.2. The molecule has 9 heteroatoms. The minimum absolute atomic E-state index is 0. The van der Waals surface area contributed by atoms with Gasteiger partial charge in [0.2, 0.25) is 0 Å². The molecule has 0 unspecified atom stereocenters. The summed E-state index contributed by atoms with van der Waals surface area (Å²) in [5.74, 6) is -0.742. The normalized spacial score (nSPS) is 15.2. The van der Waals surface area contributed by atoms with Crippen molar-refractivity contribution in [3.05, 3.63) is 59.2 Å². The molecule has 0 atom stereocenters. The number of hydrogen-bond acceptors (Lipinski definition) is 8. The second-order valence-corrected chi connectivity index (χ2v) is 12.1. The Morgan fingerprint density at radius 1 is 0.692 bits per heavy atom. The molecule has 0 radical (unpaired) electrons. The van der Waals surface area contributed by atoms with Gasteiger partial charge in [-0.25, -0.2) is 0 Å². The molecule has 2 aromatic rings. The summed E-state index contributed by atoms with van der Waals surface area (Å²) in [4.78, 5) is 38.9. The molecule has 1 aliphatic rings. The van der Waals surface area contributed by atoms with E-state index in [0.29, 0.717) is 26.2 Å². The molecule has 1 aliphatic heterocycles. The molecule has 2 aromatic heterocycles. The van der Waals surface area contributed by atoms with Crippen molar-refractivity contribution < 1.29 is 36.1 Å². The van der Waals surface area contributed by atoms with Crippen LogP contribution in [-0.4, -0.2) is 56.0 Å². The van der Waals surface area contributed by atoms with Crippen molar-refractivity contribution in [1.82, 2.24) is 19.8 Å². The van der Waals surface area contributed by atoms with Gasteiger partial charge in [0.05, 0.1) is 45.7 Å². The number of hydrogen-bond donors (Lipinski definition) is 0. The van der Waals surface area contributed by atoms with E-state index in [1.54, 1.807) is 0 Å². The number of aromatic nitrogens is 2. The number of carbonyl (C=O) groups is 2. The van der Waals surface area contributed by atoms with Crippen LogP contribution in [0.4, 0.5) is 0 Å². The van der Waals surface area contributed by atoms with Crippen molar-refractivity contribution in [3.63, 3.8) is 0 Å². The van der Waals surface area contributed by atoms with Crippen molar-refractivity contribution in [3.8, 4) is 0 Å². The first-order valence-corrected chi connectivity index (χ1v) is 13.5. The standard InChI is InChI=1S/C30H44N4O4.Cu/c1-21(2)27(35)37-19-29(5,6)33-15-23-11-9-13-25(31-23)17-34(18-26-14-10-12-24(16-33)32-26)30(7,8)20-38-28(36)22(3)4;/h9-14,21-22H,15-20H2,1-8H3;/q;+1. The SMILES string of the molecule is CC(C)C(=O)OCC(C)(C)N1Cc2cccc(n2)CN(C(C)(C)COC(=O)C(C)C)Cc2cccc(n2)C1.[Cu+]. The van der Waals surface area contributed by atoms with E-state index in [1.807, 2.05) is 64.1 Å². The first kappa shape index (κ1) is 32.9. The molecule has 218 valence electrons. The zero-order valence-corrected chi connectivity index (χ0v) is 25.5. The summed E-state index contributed by atoms with van der Waals surface area (Å²) in [6, 6.07) is 12.2. The Morgan fingerprint density at radius 3 is 1.23 bits per heavy atom. The van der Waals surface area contributed by atoms with Gasteiger partial charge in [0.25, 0.3) is 0 Å². The van der Waals surface area contributed by atoms with Gasteiger partial charge in [0.15, 0.2) is 0 Å². The van der Waals surface area contributed by atoms with Crippen LogP contribution in [0.15, 0.2) is 36.4 Å². The second kappa shape index (κ2) is 13.8. The maximum Gasteiger partial charge on any atom is 1.00 e. The van der Waals surface area contributed by atoms with E-state index in [4.69, 9.17) is 19.4 Å². The quantitative estimate of drug-likeness (QED) is 0.323. The Balaban J connectivity index is 0.00000533. The number of fused-ring (bicyclic) bond motifs is 4. The van der Waals surface area contributed by atoms with E-state index >= 15 is 0 Å².